The zero-order valence-electron chi connectivity index (χ0n) is 13.2. The summed E-state index contributed by atoms with van der Waals surface area (Å²) in [6, 6.07) is 11.2. The Morgan fingerprint density at radius 2 is 1.83 bits per heavy atom. The van der Waals surface area contributed by atoms with Gasteiger partial charge in [-0.25, -0.2) is 9.18 Å². The molecule has 2 aromatic carbocycles. The molecule has 0 bridgehead atoms. The second-order valence-corrected chi connectivity index (χ2v) is 5.34. The van der Waals surface area contributed by atoms with Crippen molar-refractivity contribution in [3.8, 4) is 0 Å². The molecule has 1 amide bonds. The Balaban J connectivity index is 2.05. The normalized spacial score (nSPS) is 11.7. The number of aryl methyl sites for hydroxylation is 2. The van der Waals surface area contributed by atoms with Crippen molar-refractivity contribution in [1.29, 1.82) is 0 Å². The van der Waals surface area contributed by atoms with E-state index in [4.69, 9.17) is 4.74 Å². The molecule has 1 N–H and O–H groups in total. The summed E-state index contributed by atoms with van der Waals surface area (Å²) in [6.07, 6.45) is -1.04. The van der Waals surface area contributed by atoms with Crippen molar-refractivity contribution in [3.05, 3.63) is 65.0 Å². The van der Waals surface area contributed by atoms with Crippen LogP contribution in [0.1, 0.15) is 28.4 Å². The van der Waals surface area contributed by atoms with E-state index in [1.54, 1.807) is 19.1 Å². The standard InChI is InChI=1S/C18H18FNO3/c1-11-8-9-12(2)14(10-11)18(22)23-13(3)17(21)20-16-7-5-4-6-15(16)19/h4-10,13H,1-3H3,(H,20,21)/t13-/m1/s1. The molecule has 5 heteroatoms. The van der Waals surface area contributed by atoms with Gasteiger partial charge in [-0.1, -0.05) is 29.8 Å². The first-order chi connectivity index (χ1) is 10.9. The van der Waals surface area contributed by atoms with Crippen LogP contribution in [0.4, 0.5) is 10.1 Å². The highest BCUT2D eigenvalue weighted by Gasteiger charge is 2.21. The maximum atomic E-state index is 13.5. The minimum atomic E-state index is -1.04. The zero-order valence-corrected chi connectivity index (χ0v) is 13.2. The van der Waals surface area contributed by atoms with Crippen molar-refractivity contribution in [2.24, 2.45) is 0 Å². The quantitative estimate of drug-likeness (QED) is 0.877. The number of hydrogen-bond acceptors (Lipinski definition) is 3. The highest BCUT2D eigenvalue weighted by Crippen LogP contribution is 2.15. The van der Waals surface area contributed by atoms with Gasteiger partial charge in [-0.15, -0.1) is 0 Å². The third kappa shape index (κ3) is 4.16. The van der Waals surface area contributed by atoms with E-state index in [0.29, 0.717) is 5.56 Å². The van der Waals surface area contributed by atoms with E-state index >= 15 is 0 Å². The van der Waals surface area contributed by atoms with Gasteiger partial charge in [-0.05, 0) is 44.5 Å². The highest BCUT2D eigenvalue weighted by atomic mass is 19.1. The van der Waals surface area contributed by atoms with Gasteiger partial charge in [0.2, 0.25) is 0 Å². The lowest BCUT2D eigenvalue weighted by molar-refractivity contribution is -0.123. The largest absolute Gasteiger partial charge is 0.449 e. The Bertz CT molecular complexity index is 743. The smallest absolute Gasteiger partial charge is 0.339 e. The number of anilines is 1. The first-order valence-electron chi connectivity index (χ1n) is 7.22. The van der Waals surface area contributed by atoms with E-state index < -0.39 is 23.8 Å². The first-order valence-corrected chi connectivity index (χ1v) is 7.22. The summed E-state index contributed by atoms with van der Waals surface area (Å²) >= 11 is 0. The van der Waals surface area contributed by atoms with Gasteiger partial charge in [0.05, 0.1) is 11.3 Å². The number of esters is 1. The van der Waals surface area contributed by atoms with Crippen LogP contribution in [0.2, 0.25) is 0 Å². The summed E-state index contributed by atoms with van der Waals surface area (Å²) in [5, 5.41) is 2.40. The Kier molecular flexibility index (Phi) is 5.11. The van der Waals surface area contributed by atoms with Gasteiger partial charge in [-0.3, -0.25) is 4.79 Å². The molecule has 0 aliphatic rings. The van der Waals surface area contributed by atoms with Crippen LogP contribution in [-0.4, -0.2) is 18.0 Å². The summed E-state index contributed by atoms with van der Waals surface area (Å²) in [6.45, 7) is 5.10. The molecule has 0 saturated carbocycles. The Hall–Kier alpha value is -2.69. The van der Waals surface area contributed by atoms with Crippen molar-refractivity contribution in [1.82, 2.24) is 0 Å². The molecule has 0 heterocycles. The van der Waals surface area contributed by atoms with Gasteiger partial charge < -0.3 is 10.1 Å². The van der Waals surface area contributed by atoms with Crippen molar-refractivity contribution in [2.45, 2.75) is 26.9 Å². The van der Waals surface area contributed by atoms with Crippen LogP contribution >= 0.6 is 0 Å². The summed E-state index contributed by atoms with van der Waals surface area (Å²) in [4.78, 5) is 24.2. The van der Waals surface area contributed by atoms with Crippen LogP contribution in [0.5, 0.6) is 0 Å². The van der Waals surface area contributed by atoms with Gasteiger partial charge in [-0.2, -0.15) is 0 Å². The van der Waals surface area contributed by atoms with Crippen molar-refractivity contribution in [3.63, 3.8) is 0 Å². The van der Waals surface area contributed by atoms with E-state index in [0.717, 1.165) is 11.1 Å². The monoisotopic (exact) mass is 315 g/mol. The van der Waals surface area contributed by atoms with Crippen molar-refractivity contribution >= 4 is 17.6 Å². The number of para-hydroxylation sites is 1. The highest BCUT2D eigenvalue weighted by molar-refractivity contribution is 5.97. The molecule has 0 aromatic heterocycles. The molecule has 2 rings (SSSR count). The predicted octanol–water partition coefficient (Wildman–Crippen LogP) is 3.63. The average molecular weight is 315 g/mol. The molecule has 0 saturated heterocycles. The Labute approximate surface area is 134 Å². The van der Waals surface area contributed by atoms with Crippen LogP contribution in [0.25, 0.3) is 0 Å². The molecule has 0 unspecified atom stereocenters. The molecule has 0 aliphatic heterocycles. The van der Waals surface area contributed by atoms with Crippen molar-refractivity contribution < 1.29 is 18.7 Å². The topological polar surface area (TPSA) is 55.4 Å². The number of rotatable bonds is 4. The second kappa shape index (κ2) is 7.05. The fourth-order valence-electron chi connectivity index (χ4n) is 2.03. The zero-order chi connectivity index (χ0) is 17.0. The SMILES string of the molecule is Cc1ccc(C)c(C(=O)O[C@H](C)C(=O)Nc2ccccc2F)c1. The van der Waals surface area contributed by atoms with Crippen LogP contribution in [-0.2, 0) is 9.53 Å². The maximum Gasteiger partial charge on any atom is 0.339 e. The molecular formula is C18H18FNO3. The minimum absolute atomic E-state index is 0.0483. The van der Waals surface area contributed by atoms with Crippen LogP contribution < -0.4 is 5.32 Å². The van der Waals surface area contributed by atoms with Gasteiger partial charge in [0, 0.05) is 0 Å². The lowest BCUT2D eigenvalue weighted by atomic mass is 10.1. The Morgan fingerprint density at radius 3 is 2.52 bits per heavy atom. The predicted molar refractivity (Wildman–Crippen MR) is 85.8 cm³/mol. The molecule has 0 spiro atoms. The van der Waals surface area contributed by atoms with Crippen molar-refractivity contribution in [2.75, 3.05) is 5.32 Å². The number of carbonyl (C=O) groups is 2. The summed E-state index contributed by atoms with van der Waals surface area (Å²) in [5.74, 6) is -1.72. The summed E-state index contributed by atoms with van der Waals surface area (Å²) in [5.41, 5.74) is 2.15. The van der Waals surface area contributed by atoms with Gasteiger partial charge >= 0.3 is 5.97 Å². The van der Waals surface area contributed by atoms with E-state index in [-0.39, 0.29) is 5.69 Å². The van der Waals surface area contributed by atoms with Crippen LogP contribution in [0.15, 0.2) is 42.5 Å². The third-order valence-corrected chi connectivity index (χ3v) is 3.40. The van der Waals surface area contributed by atoms with Crippen LogP contribution in [0, 0.1) is 19.7 Å². The molecule has 23 heavy (non-hydrogen) atoms. The average Bonchev–Trinajstić information content (AvgIpc) is 2.51. The summed E-state index contributed by atoms with van der Waals surface area (Å²) < 4.78 is 18.7. The second-order valence-electron chi connectivity index (χ2n) is 5.34. The minimum Gasteiger partial charge on any atom is -0.449 e. The molecule has 120 valence electrons. The molecule has 2 aromatic rings. The number of hydrogen-bond donors (Lipinski definition) is 1. The van der Waals surface area contributed by atoms with E-state index in [1.807, 2.05) is 19.1 Å². The number of amides is 1. The third-order valence-electron chi connectivity index (χ3n) is 3.40. The van der Waals surface area contributed by atoms with E-state index in [1.165, 1.54) is 25.1 Å². The van der Waals surface area contributed by atoms with Gasteiger partial charge in [0.25, 0.3) is 5.91 Å². The number of ether oxygens (including phenoxy) is 1. The van der Waals surface area contributed by atoms with E-state index in [2.05, 4.69) is 5.32 Å². The van der Waals surface area contributed by atoms with E-state index in [9.17, 15) is 14.0 Å². The van der Waals surface area contributed by atoms with Crippen LogP contribution in [0.3, 0.4) is 0 Å². The van der Waals surface area contributed by atoms with Gasteiger partial charge in [0.15, 0.2) is 6.10 Å². The Morgan fingerprint density at radius 1 is 1.13 bits per heavy atom. The molecular weight excluding hydrogens is 297 g/mol. The van der Waals surface area contributed by atoms with Gasteiger partial charge in [0.1, 0.15) is 5.82 Å². The lowest BCUT2D eigenvalue weighted by Crippen LogP contribution is -2.30. The molecule has 0 radical (unpaired) electrons. The first kappa shape index (κ1) is 16.7. The molecule has 0 fully saturated rings. The fourth-order valence-corrected chi connectivity index (χ4v) is 2.03. The fraction of sp³-hybridized carbons (Fsp3) is 0.222. The summed E-state index contributed by atoms with van der Waals surface area (Å²) in [7, 11) is 0. The maximum absolute atomic E-state index is 13.5. The number of nitrogens with one attached hydrogen (secondary N) is 1. The number of halogens is 1. The number of carbonyl (C=O) groups excluding carboxylic acids is 2. The number of benzene rings is 2. The molecule has 4 nitrogen and oxygen atoms in total. The molecule has 1 atom stereocenters. The molecule has 0 aliphatic carbocycles. The lowest BCUT2D eigenvalue weighted by Gasteiger charge is -2.15.